The Bertz CT molecular complexity index is 310. The van der Waals surface area contributed by atoms with Gasteiger partial charge in [0.25, 0.3) is 0 Å². The van der Waals surface area contributed by atoms with Crippen LogP contribution in [0.25, 0.3) is 0 Å². The van der Waals surface area contributed by atoms with E-state index < -0.39 is 11.5 Å². The number of ketones is 1. The SMILES string of the molecule is COCCNC1C=C(C)C(=O)CC(C)(C)C1O. The van der Waals surface area contributed by atoms with Gasteiger partial charge in [0, 0.05) is 20.1 Å². The van der Waals surface area contributed by atoms with Gasteiger partial charge in [0.2, 0.25) is 0 Å². The minimum Gasteiger partial charge on any atom is -0.391 e. The summed E-state index contributed by atoms with van der Waals surface area (Å²) < 4.78 is 4.97. The lowest BCUT2D eigenvalue weighted by atomic mass is 9.80. The lowest BCUT2D eigenvalue weighted by Gasteiger charge is -2.33. The molecule has 0 aliphatic heterocycles. The Morgan fingerprint density at radius 2 is 2.24 bits per heavy atom. The van der Waals surface area contributed by atoms with E-state index in [0.717, 1.165) is 5.57 Å². The topological polar surface area (TPSA) is 58.6 Å². The normalized spacial score (nSPS) is 28.8. The van der Waals surface area contributed by atoms with E-state index >= 15 is 0 Å². The Hall–Kier alpha value is -0.710. The van der Waals surface area contributed by atoms with Crippen LogP contribution >= 0.6 is 0 Å². The van der Waals surface area contributed by atoms with Crippen LogP contribution in [0.3, 0.4) is 0 Å². The van der Waals surface area contributed by atoms with Crippen molar-refractivity contribution in [2.75, 3.05) is 20.3 Å². The van der Waals surface area contributed by atoms with Crippen LogP contribution in [0, 0.1) is 5.41 Å². The van der Waals surface area contributed by atoms with E-state index in [1.807, 2.05) is 19.9 Å². The van der Waals surface area contributed by atoms with Crippen molar-refractivity contribution >= 4 is 5.78 Å². The standard InChI is InChI=1S/C13H23NO3/c1-9-7-10(14-5-6-17-4)12(16)13(2,3)8-11(9)15/h7,10,12,14,16H,5-6,8H2,1-4H3. The molecule has 0 saturated heterocycles. The second-order valence-corrected chi connectivity index (χ2v) is 5.36. The lowest BCUT2D eigenvalue weighted by molar-refractivity contribution is -0.118. The van der Waals surface area contributed by atoms with Crippen molar-refractivity contribution in [2.24, 2.45) is 5.41 Å². The minimum absolute atomic E-state index is 0.116. The average molecular weight is 241 g/mol. The molecule has 0 bridgehead atoms. The molecular weight excluding hydrogens is 218 g/mol. The fraction of sp³-hybridized carbons (Fsp3) is 0.769. The first kappa shape index (κ1) is 14.4. The molecule has 0 radical (unpaired) electrons. The highest BCUT2D eigenvalue weighted by Gasteiger charge is 2.37. The van der Waals surface area contributed by atoms with Crippen molar-refractivity contribution in [3.63, 3.8) is 0 Å². The monoisotopic (exact) mass is 241 g/mol. The molecule has 4 heteroatoms. The second kappa shape index (κ2) is 5.76. The number of Topliss-reactive ketones (excluding diaryl/α,β-unsaturated/α-hetero) is 1. The number of hydrogen-bond acceptors (Lipinski definition) is 4. The molecule has 2 N–H and O–H groups in total. The van der Waals surface area contributed by atoms with Crippen LogP contribution in [0.2, 0.25) is 0 Å². The predicted octanol–water partition coefficient (Wildman–Crippen LogP) is 0.897. The van der Waals surface area contributed by atoms with Gasteiger partial charge in [-0.1, -0.05) is 19.9 Å². The van der Waals surface area contributed by atoms with Gasteiger partial charge in [-0.2, -0.15) is 0 Å². The molecule has 0 heterocycles. The van der Waals surface area contributed by atoms with Crippen LogP contribution < -0.4 is 5.32 Å². The first-order valence-corrected chi connectivity index (χ1v) is 6.00. The third kappa shape index (κ3) is 3.63. The Kier molecular flexibility index (Phi) is 4.86. The molecule has 0 spiro atoms. The molecule has 1 aliphatic carbocycles. The van der Waals surface area contributed by atoms with Crippen molar-refractivity contribution in [1.29, 1.82) is 0 Å². The first-order valence-electron chi connectivity index (χ1n) is 6.00. The van der Waals surface area contributed by atoms with Crippen molar-refractivity contribution in [1.82, 2.24) is 5.32 Å². The van der Waals surface area contributed by atoms with Crippen LogP contribution in [0.15, 0.2) is 11.6 Å². The van der Waals surface area contributed by atoms with Crippen molar-refractivity contribution in [2.45, 2.75) is 39.3 Å². The maximum absolute atomic E-state index is 11.8. The van der Waals surface area contributed by atoms with E-state index in [1.54, 1.807) is 14.0 Å². The highest BCUT2D eigenvalue weighted by Crippen LogP contribution is 2.32. The van der Waals surface area contributed by atoms with Gasteiger partial charge < -0.3 is 15.2 Å². The van der Waals surface area contributed by atoms with Gasteiger partial charge in [-0.3, -0.25) is 4.79 Å². The zero-order chi connectivity index (χ0) is 13.1. The van der Waals surface area contributed by atoms with Crippen molar-refractivity contribution < 1.29 is 14.6 Å². The number of hydrogen-bond donors (Lipinski definition) is 2. The number of ether oxygens (including phenoxy) is 1. The number of aliphatic hydroxyl groups is 1. The van der Waals surface area contributed by atoms with Crippen molar-refractivity contribution in [3.8, 4) is 0 Å². The van der Waals surface area contributed by atoms with Crippen LogP contribution in [0.5, 0.6) is 0 Å². The van der Waals surface area contributed by atoms with E-state index in [2.05, 4.69) is 5.32 Å². The smallest absolute Gasteiger partial charge is 0.158 e. The Morgan fingerprint density at radius 3 is 2.82 bits per heavy atom. The molecule has 1 rings (SSSR count). The number of aliphatic hydroxyl groups excluding tert-OH is 1. The molecule has 0 fully saturated rings. The molecule has 0 aromatic heterocycles. The molecule has 0 amide bonds. The Labute approximate surface area is 103 Å². The van der Waals surface area contributed by atoms with Crippen LogP contribution in [-0.4, -0.2) is 43.3 Å². The fourth-order valence-corrected chi connectivity index (χ4v) is 2.10. The van der Waals surface area contributed by atoms with Gasteiger partial charge in [0.1, 0.15) is 0 Å². The summed E-state index contributed by atoms with van der Waals surface area (Å²) in [6.07, 6.45) is 1.65. The molecule has 1 aliphatic rings. The Morgan fingerprint density at radius 1 is 1.59 bits per heavy atom. The lowest BCUT2D eigenvalue weighted by Crippen LogP contribution is -2.46. The Balaban J connectivity index is 2.80. The summed E-state index contributed by atoms with van der Waals surface area (Å²) >= 11 is 0. The van der Waals surface area contributed by atoms with Gasteiger partial charge in [0.15, 0.2) is 5.78 Å². The van der Waals surface area contributed by atoms with Crippen molar-refractivity contribution in [3.05, 3.63) is 11.6 Å². The number of carbonyl (C=O) groups excluding carboxylic acids is 1. The first-order chi connectivity index (χ1) is 7.88. The van der Waals surface area contributed by atoms with Gasteiger partial charge in [0.05, 0.1) is 18.8 Å². The molecule has 2 atom stereocenters. The maximum atomic E-state index is 11.8. The number of rotatable bonds is 4. The zero-order valence-electron chi connectivity index (χ0n) is 11.1. The van der Waals surface area contributed by atoms with Crippen LogP contribution in [0.1, 0.15) is 27.2 Å². The largest absolute Gasteiger partial charge is 0.391 e. The quantitative estimate of drug-likeness (QED) is 0.718. The van der Waals surface area contributed by atoms with E-state index in [-0.39, 0.29) is 11.8 Å². The summed E-state index contributed by atoms with van der Waals surface area (Å²) in [5.74, 6) is 0.116. The number of carbonyl (C=O) groups is 1. The number of allylic oxidation sites excluding steroid dienone is 1. The third-order valence-electron chi connectivity index (χ3n) is 3.31. The number of methoxy groups -OCH3 is 1. The molecule has 4 nitrogen and oxygen atoms in total. The highest BCUT2D eigenvalue weighted by molar-refractivity contribution is 5.95. The minimum atomic E-state index is -0.569. The summed E-state index contributed by atoms with van der Waals surface area (Å²) in [6.45, 7) is 6.90. The van der Waals surface area contributed by atoms with E-state index in [1.165, 1.54) is 0 Å². The summed E-state index contributed by atoms with van der Waals surface area (Å²) in [6, 6.07) is -0.188. The van der Waals surface area contributed by atoms with E-state index in [4.69, 9.17) is 4.74 Å². The highest BCUT2D eigenvalue weighted by atomic mass is 16.5. The molecule has 0 aromatic rings. The van der Waals surface area contributed by atoms with Gasteiger partial charge in [-0.05, 0) is 17.9 Å². The average Bonchev–Trinajstić information content (AvgIpc) is 2.31. The zero-order valence-corrected chi connectivity index (χ0v) is 11.1. The molecule has 0 saturated carbocycles. The third-order valence-corrected chi connectivity index (χ3v) is 3.31. The molecule has 98 valence electrons. The van der Waals surface area contributed by atoms with Gasteiger partial charge >= 0.3 is 0 Å². The summed E-state index contributed by atoms with van der Waals surface area (Å²) in [5, 5.41) is 13.5. The fourth-order valence-electron chi connectivity index (χ4n) is 2.10. The predicted molar refractivity (Wildman–Crippen MR) is 66.8 cm³/mol. The number of nitrogens with one attached hydrogen (secondary N) is 1. The van der Waals surface area contributed by atoms with E-state index in [9.17, 15) is 9.90 Å². The van der Waals surface area contributed by atoms with Crippen LogP contribution in [-0.2, 0) is 9.53 Å². The second-order valence-electron chi connectivity index (χ2n) is 5.36. The van der Waals surface area contributed by atoms with E-state index in [0.29, 0.717) is 19.6 Å². The summed E-state index contributed by atoms with van der Waals surface area (Å²) in [4.78, 5) is 11.8. The molecular formula is C13H23NO3. The molecule has 2 unspecified atom stereocenters. The maximum Gasteiger partial charge on any atom is 0.158 e. The van der Waals surface area contributed by atoms with Gasteiger partial charge in [-0.15, -0.1) is 0 Å². The summed E-state index contributed by atoms with van der Waals surface area (Å²) in [5.41, 5.74) is 0.320. The summed E-state index contributed by atoms with van der Waals surface area (Å²) in [7, 11) is 1.64. The van der Waals surface area contributed by atoms with Crippen LogP contribution in [0.4, 0.5) is 0 Å². The molecule has 0 aromatic carbocycles. The molecule has 17 heavy (non-hydrogen) atoms. The van der Waals surface area contributed by atoms with Gasteiger partial charge in [-0.25, -0.2) is 0 Å².